The van der Waals surface area contributed by atoms with E-state index in [-0.39, 0.29) is 0 Å². The van der Waals surface area contributed by atoms with Gasteiger partial charge in [0.1, 0.15) is 0 Å². The Morgan fingerprint density at radius 2 is 1.95 bits per heavy atom. The minimum atomic E-state index is 0.308. The topological polar surface area (TPSA) is 41.7 Å². The molecule has 0 aliphatic carbocycles. The van der Waals surface area contributed by atoms with E-state index in [1.165, 1.54) is 5.56 Å². The predicted molar refractivity (Wildman–Crippen MR) is 78.1 cm³/mol. The van der Waals surface area contributed by atoms with Gasteiger partial charge >= 0.3 is 0 Å². The third kappa shape index (κ3) is 4.28. The van der Waals surface area contributed by atoms with Crippen molar-refractivity contribution in [2.45, 2.75) is 6.04 Å². The first kappa shape index (κ1) is 14.5. The van der Waals surface area contributed by atoms with Crippen LogP contribution in [0.1, 0.15) is 11.6 Å². The standard InChI is InChI=1S/C15H25N3O/c1-17(7-8-18-9-11-19-12-10-18)15(13-16)14-5-3-2-4-6-14/h2-6,15H,7-13,16H2,1H3. The summed E-state index contributed by atoms with van der Waals surface area (Å²) in [5.74, 6) is 0. The molecule has 0 spiro atoms. The third-order valence-electron chi connectivity index (χ3n) is 3.81. The number of ether oxygens (including phenoxy) is 1. The Hall–Kier alpha value is -0.940. The lowest BCUT2D eigenvalue weighted by Crippen LogP contribution is -2.42. The van der Waals surface area contributed by atoms with Crippen molar-refractivity contribution in [3.63, 3.8) is 0 Å². The molecule has 0 saturated carbocycles. The van der Waals surface area contributed by atoms with E-state index in [1.54, 1.807) is 0 Å². The van der Waals surface area contributed by atoms with Gasteiger partial charge in [-0.2, -0.15) is 0 Å². The van der Waals surface area contributed by atoms with Gasteiger partial charge in [-0.3, -0.25) is 9.80 Å². The van der Waals surface area contributed by atoms with Crippen molar-refractivity contribution in [3.05, 3.63) is 35.9 Å². The van der Waals surface area contributed by atoms with Crippen LogP contribution in [-0.4, -0.2) is 62.8 Å². The SMILES string of the molecule is CN(CCN1CCOCC1)C(CN)c1ccccc1. The summed E-state index contributed by atoms with van der Waals surface area (Å²) in [6.07, 6.45) is 0. The molecule has 2 N–H and O–H groups in total. The van der Waals surface area contributed by atoms with Crippen molar-refractivity contribution in [2.24, 2.45) is 5.73 Å². The predicted octanol–water partition coefficient (Wildman–Crippen LogP) is 0.950. The van der Waals surface area contributed by atoms with Gasteiger partial charge in [0.05, 0.1) is 13.2 Å². The van der Waals surface area contributed by atoms with Crippen LogP contribution in [0.5, 0.6) is 0 Å². The van der Waals surface area contributed by atoms with Crippen LogP contribution in [0, 0.1) is 0 Å². The molecule has 1 aromatic carbocycles. The number of hydrogen-bond acceptors (Lipinski definition) is 4. The Kier molecular flexibility index (Phi) is 5.79. The summed E-state index contributed by atoms with van der Waals surface area (Å²) in [4.78, 5) is 4.81. The van der Waals surface area contributed by atoms with E-state index in [4.69, 9.17) is 10.5 Å². The molecule has 0 radical (unpaired) electrons. The summed E-state index contributed by atoms with van der Waals surface area (Å²) in [5, 5.41) is 0. The maximum absolute atomic E-state index is 5.94. The molecule has 1 aliphatic heterocycles. The van der Waals surface area contributed by atoms with E-state index in [2.05, 4.69) is 41.1 Å². The van der Waals surface area contributed by atoms with Crippen molar-refractivity contribution < 1.29 is 4.74 Å². The van der Waals surface area contributed by atoms with Crippen LogP contribution in [0.15, 0.2) is 30.3 Å². The summed E-state index contributed by atoms with van der Waals surface area (Å²) >= 11 is 0. The molecular formula is C15H25N3O. The Bertz CT molecular complexity index is 352. The van der Waals surface area contributed by atoms with Crippen molar-refractivity contribution in [3.8, 4) is 0 Å². The van der Waals surface area contributed by atoms with Crippen LogP contribution in [0.4, 0.5) is 0 Å². The molecule has 1 aromatic rings. The molecule has 4 nitrogen and oxygen atoms in total. The number of morpholine rings is 1. The zero-order valence-electron chi connectivity index (χ0n) is 11.8. The highest BCUT2D eigenvalue weighted by Crippen LogP contribution is 2.17. The lowest BCUT2D eigenvalue weighted by Gasteiger charge is -2.32. The highest BCUT2D eigenvalue weighted by molar-refractivity contribution is 5.19. The van der Waals surface area contributed by atoms with Gasteiger partial charge in [0, 0.05) is 38.8 Å². The first-order chi connectivity index (χ1) is 9.31. The van der Waals surface area contributed by atoms with Crippen molar-refractivity contribution in [2.75, 3.05) is 53.0 Å². The Labute approximate surface area is 116 Å². The fraction of sp³-hybridized carbons (Fsp3) is 0.600. The smallest absolute Gasteiger partial charge is 0.0594 e. The van der Waals surface area contributed by atoms with Gasteiger partial charge in [0.25, 0.3) is 0 Å². The summed E-state index contributed by atoms with van der Waals surface area (Å²) in [5.41, 5.74) is 7.24. The maximum Gasteiger partial charge on any atom is 0.0594 e. The van der Waals surface area contributed by atoms with E-state index in [1.807, 2.05) is 6.07 Å². The van der Waals surface area contributed by atoms with Crippen molar-refractivity contribution >= 4 is 0 Å². The molecule has 0 aromatic heterocycles. The molecule has 2 rings (SSSR count). The summed E-state index contributed by atoms with van der Waals surface area (Å²) in [6.45, 7) is 6.61. The van der Waals surface area contributed by atoms with E-state index in [0.717, 1.165) is 39.4 Å². The van der Waals surface area contributed by atoms with Crippen LogP contribution >= 0.6 is 0 Å². The Morgan fingerprint density at radius 1 is 1.26 bits per heavy atom. The summed E-state index contributed by atoms with van der Waals surface area (Å²) in [6, 6.07) is 10.8. The van der Waals surface area contributed by atoms with E-state index in [9.17, 15) is 0 Å². The van der Waals surface area contributed by atoms with Gasteiger partial charge < -0.3 is 10.5 Å². The van der Waals surface area contributed by atoms with E-state index in [0.29, 0.717) is 12.6 Å². The molecule has 4 heteroatoms. The number of likely N-dealkylation sites (N-methyl/N-ethyl adjacent to an activating group) is 1. The molecule has 106 valence electrons. The van der Waals surface area contributed by atoms with Gasteiger partial charge in [-0.1, -0.05) is 30.3 Å². The van der Waals surface area contributed by atoms with Gasteiger partial charge in [-0.25, -0.2) is 0 Å². The Balaban J connectivity index is 1.84. The van der Waals surface area contributed by atoms with Crippen LogP contribution in [-0.2, 0) is 4.74 Å². The first-order valence-electron chi connectivity index (χ1n) is 7.06. The van der Waals surface area contributed by atoms with Crippen LogP contribution in [0.25, 0.3) is 0 Å². The number of nitrogens with zero attached hydrogens (tertiary/aromatic N) is 2. The number of nitrogens with two attached hydrogens (primary N) is 1. The lowest BCUT2D eigenvalue weighted by molar-refractivity contribution is 0.0327. The summed E-state index contributed by atoms with van der Waals surface area (Å²) in [7, 11) is 2.16. The van der Waals surface area contributed by atoms with Gasteiger partial charge in [0.2, 0.25) is 0 Å². The van der Waals surface area contributed by atoms with Gasteiger partial charge in [-0.15, -0.1) is 0 Å². The molecule has 1 atom stereocenters. The quantitative estimate of drug-likeness (QED) is 0.830. The maximum atomic E-state index is 5.94. The highest BCUT2D eigenvalue weighted by atomic mass is 16.5. The average molecular weight is 263 g/mol. The minimum Gasteiger partial charge on any atom is -0.379 e. The normalized spacial score (nSPS) is 18.7. The molecule has 1 fully saturated rings. The second-order valence-corrected chi connectivity index (χ2v) is 5.10. The van der Waals surface area contributed by atoms with E-state index >= 15 is 0 Å². The molecule has 1 saturated heterocycles. The fourth-order valence-corrected chi connectivity index (χ4v) is 2.53. The largest absolute Gasteiger partial charge is 0.379 e. The number of benzene rings is 1. The third-order valence-corrected chi connectivity index (χ3v) is 3.81. The summed E-state index contributed by atoms with van der Waals surface area (Å²) < 4.78 is 5.37. The van der Waals surface area contributed by atoms with Crippen LogP contribution in [0.2, 0.25) is 0 Å². The molecule has 1 heterocycles. The second kappa shape index (κ2) is 7.60. The molecule has 19 heavy (non-hydrogen) atoms. The molecule has 1 unspecified atom stereocenters. The first-order valence-corrected chi connectivity index (χ1v) is 7.06. The number of hydrogen-bond donors (Lipinski definition) is 1. The zero-order chi connectivity index (χ0) is 13.5. The minimum absolute atomic E-state index is 0.308. The Morgan fingerprint density at radius 3 is 2.58 bits per heavy atom. The van der Waals surface area contributed by atoms with Crippen molar-refractivity contribution in [1.29, 1.82) is 0 Å². The van der Waals surface area contributed by atoms with Crippen LogP contribution < -0.4 is 5.73 Å². The molecule has 0 bridgehead atoms. The van der Waals surface area contributed by atoms with E-state index < -0.39 is 0 Å². The lowest BCUT2D eigenvalue weighted by atomic mass is 10.1. The van der Waals surface area contributed by atoms with Crippen molar-refractivity contribution in [1.82, 2.24) is 9.80 Å². The van der Waals surface area contributed by atoms with Gasteiger partial charge in [0.15, 0.2) is 0 Å². The highest BCUT2D eigenvalue weighted by Gasteiger charge is 2.17. The van der Waals surface area contributed by atoms with Gasteiger partial charge in [-0.05, 0) is 12.6 Å². The molecule has 0 amide bonds. The number of rotatable bonds is 6. The monoisotopic (exact) mass is 263 g/mol. The second-order valence-electron chi connectivity index (χ2n) is 5.10. The zero-order valence-corrected chi connectivity index (χ0v) is 11.8. The molecule has 1 aliphatic rings. The molecular weight excluding hydrogens is 238 g/mol. The fourth-order valence-electron chi connectivity index (χ4n) is 2.53. The average Bonchev–Trinajstić information content (AvgIpc) is 2.48. The van der Waals surface area contributed by atoms with Crippen LogP contribution in [0.3, 0.4) is 0 Å².